The number of aromatic nitrogens is 2. The highest BCUT2D eigenvalue weighted by atomic mass is 32.2. The number of rotatable bonds is 5. The largest absolute Gasteiger partial charge is 0.382 e. The van der Waals surface area contributed by atoms with Crippen LogP contribution in [0.15, 0.2) is 6.20 Å². The van der Waals surface area contributed by atoms with Crippen molar-refractivity contribution in [3.63, 3.8) is 0 Å². The standard InChI is InChI=1S/C15H24N4OS/c1-4-16-12-8-17-14(10(2)3)19-13(12)15(20)18-11-6-5-7-21-9-11/h8,10-11,16H,4-7,9H2,1-3H3,(H,18,20). The van der Waals surface area contributed by atoms with E-state index in [0.29, 0.717) is 17.2 Å². The highest BCUT2D eigenvalue weighted by Crippen LogP contribution is 2.19. The molecule has 0 spiro atoms. The van der Waals surface area contributed by atoms with E-state index in [4.69, 9.17) is 0 Å². The Kier molecular flexibility index (Phi) is 5.85. The number of hydrogen-bond acceptors (Lipinski definition) is 5. The van der Waals surface area contributed by atoms with Gasteiger partial charge in [0.1, 0.15) is 5.82 Å². The van der Waals surface area contributed by atoms with Crippen molar-refractivity contribution >= 4 is 23.4 Å². The molecule has 2 N–H and O–H groups in total. The van der Waals surface area contributed by atoms with Gasteiger partial charge in [0.25, 0.3) is 5.91 Å². The SMILES string of the molecule is CCNc1cnc(C(C)C)nc1C(=O)NC1CCCSC1. The van der Waals surface area contributed by atoms with Crippen LogP contribution >= 0.6 is 11.8 Å². The Morgan fingerprint density at radius 1 is 1.52 bits per heavy atom. The Morgan fingerprint density at radius 3 is 2.95 bits per heavy atom. The van der Waals surface area contributed by atoms with Crippen molar-refractivity contribution < 1.29 is 4.79 Å². The van der Waals surface area contributed by atoms with E-state index in [2.05, 4.69) is 20.6 Å². The second-order valence-corrected chi connectivity index (χ2v) is 6.71. The van der Waals surface area contributed by atoms with Gasteiger partial charge in [-0.1, -0.05) is 13.8 Å². The molecular weight excluding hydrogens is 284 g/mol. The first kappa shape index (κ1) is 16.1. The number of anilines is 1. The van der Waals surface area contributed by atoms with Crippen LogP contribution in [0.25, 0.3) is 0 Å². The summed E-state index contributed by atoms with van der Waals surface area (Å²) in [4.78, 5) is 21.3. The van der Waals surface area contributed by atoms with Crippen LogP contribution in [0, 0.1) is 0 Å². The minimum atomic E-state index is -0.0947. The zero-order valence-electron chi connectivity index (χ0n) is 13.0. The fourth-order valence-electron chi connectivity index (χ4n) is 2.27. The van der Waals surface area contributed by atoms with Gasteiger partial charge in [-0.25, -0.2) is 9.97 Å². The summed E-state index contributed by atoms with van der Waals surface area (Å²) in [5.74, 6) is 3.00. The number of hydrogen-bond donors (Lipinski definition) is 2. The molecule has 6 heteroatoms. The van der Waals surface area contributed by atoms with Gasteiger partial charge in [0, 0.05) is 24.3 Å². The van der Waals surface area contributed by atoms with Gasteiger partial charge in [0.05, 0.1) is 11.9 Å². The highest BCUT2D eigenvalue weighted by Gasteiger charge is 2.21. The molecule has 1 aromatic rings. The summed E-state index contributed by atoms with van der Waals surface area (Å²) in [7, 11) is 0. The predicted octanol–water partition coefficient (Wildman–Crippen LogP) is 2.66. The topological polar surface area (TPSA) is 66.9 Å². The van der Waals surface area contributed by atoms with Gasteiger partial charge >= 0.3 is 0 Å². The quantitative estimate of drug-likeness (QED) is 0.875. The third-order valence-corrected chi connectivity index (χ3v) is 4.62. The maximum absolute atomic E-state index is 12.5. The molecule has 2 rings (SSSR count). The Balaban J connectivity index is 2.17. The third-order valence-electron chi connectivity index (χ3n) is 3.40. The molecule has 1 aliphatic rings. The lowest BCUT2D eigenvalue weighted by Gasteiger charge is -2.23. The highest BCUT2D eigenvalue weighted by molar-refractivity contribution is 7.99. The monoisotopic (exact) mass is 308 g/mol. The van der Waals surface area contributed by atoms with Gasteiger partial charge in [0.2, 0.25) is 0 Å². The van der Waals surface area contributed by atoms with E-state index in [0.717, 1.165) is 25.1 Å². The maximum Gasteiger partial charge on any atom is 0.272 e. The lowest BCUT2D eigenvalue weighted by Crippen LogP contribution is -2.39. The van der Waals surface area contributed by atoms with Crippen molar-refractivity contribution in [2.24, 2.45) is 0 Å². The first-order valence-electron chi connectivity index (χ1n) is 7.61. The van der Waals surface area contributed by atoms with Crippen LogP contribution in [0.4, 0.5) is 5.69 Å². The second kappa shape index (κ2) is 7.64. The fraction of sp³-hybridized carbons (Fsp3) is 0.667. The van der Waals surface area contributed by atoms with Crippen LogP contribution in [-0.2, 0) is 0 Å². The predicted molar refractivity (Wildman–Crippen MR) is 88.1 cm³/mol. The molecule has 21 heavy (non-hydrogen) atoms. The Labute approximate surface area is 130 Å². The number of carbonyl (C=O) groups excluding carboxylic acids is 1. The number of amides is 1. The maximum atomic E-state index is 12.5. The number of thioether (sulfide) groups is 1. The van der Waals surface area contributed by atoms with E-state index in [1.807, 2.05) is 32.5 Å². The molecule has 1 aliphatic heterocycles. The van der Waals surface area contributed by atoms with Gasteiger partial charge in [-0.2, -0.15) is 11.8 Å². The molecule has 1 fully saturated rings. The van der Waals surface area contributed by atoms with Crippen molar-refractivity contribution in [1.29, 1.82) is 0 Å². The molecule has 0 bridgehead atoms. The first-order valence-corrected chi connectivity index (χ1v) is 8.76. The smallest absolute Gasteiger partial charge is 0.272 e. The summed E-state index contributed by atoms with van der Waals surface area (Å²) in [6.07, 6.45) is 3.93. The lowest BCUT2D eigenvalue weighted by molar-refractivity contribution is 0.0934. The van der Waals surface area contributed by atoms with Crippen molar-refractivity contribution in [2.75, 3.05) is 23.4 Å². The normalized spacial score (nSPS) is 18.6. The van der Waals surface area contributed by atoms with Gasteiger partial charge in [-0.15, -0.1) is 0 Å². The van der Waals surface area contributed by atoms with Crippen LogP contribution in [0.1, 0.15) is 55.8 Å². The van der Waals surface area contributed by atoms with E-state index in [1.165, 1.54) is 5.75 Å². The van der Waals surface area contributed by atoms with Crippen molar-refractivity contribution in [1.82, 2.24) is 15.3 Å². The fourth-order valence-corrected chi connectivity index (χ4v) is 3.35. The first-order chi connectivity index (χ1) is 10.1. The molecule has 1 aromatic heterocycles. The summed E-state index contributed by atoms with van der Waals surface area (Å²) in [5.41, 5.74) is 1.17. The molecule has 0 saturated carbocycles. The summed E-state index contributed by atoms with van der Waals surface area (Å²) < 4.78 is 0. The second-order valence-electron chi connectivity index (χ2n) is 5.56. The van der Waals surface area contributed by atoms with Gasteiger partial charge in [0.15, 0.2) is 5.69 Å². The molecule has 0 aliphatic carbocycles. The average molecular weight is 308 g/mol. The van der Waals surface area contributed by atoms with Gasteiger partial charge in [-0.3, -0.25) is 4.79 Å². The van der Waals surface area contributed by atoms with Crippen LogP contribution < -0.4 is 10.6 Å². The van der Waals surface area contributed by atoms with E-state index in [-0.39, 0.29) is 17.9 Å². The summed E-state index contributed by atoms with van der Waals surface area (Å²) in [6, 6.07) is 0.253. The zero-order chi connectivity index (χ0) is 15.2. The van der Waals surface area contributed by atoms with E-state index >= 15 is 0 Å². The van der Waals surface area contributed by atoms with Crippen LogP contribution in [-0.4, -0.2) is 40.0 Å². The average Bonchev–Trinajstić information content (AvgIpc) is 2.48. The summed E-state index contributed by atoms with van der Waals surface area (Å²) >= 11 is 1.90. The molecule has 116 valence electrons. The van der Waals surface area contributed by atoms with E-state index < -0.39 is 0 Å². The molecule has 1 amide bonds. The number of carbonyl (C=O) groups is 1. The zero-order valence-corrected chi connectivity index (χ0v) is 13.8. The van der Waals surface area contributed by atoms with E-state index in [1.54, 1.807) is 6.20 Å². The van der Waals surface area contributed by atoms with Gasteiger partial charge in [-0.05, 0) is 25.5 Å². The molecule has 0 aromatic carbocycles. The minimum absolute atomic E-state index is 0.0947. The molecule has 2 heterocycles. The molecule has 1 saturated heterocycles. The number of nitrogens with one attached hydrogen (secondary N) is 2. The minimum Gasteiger partial charge on any atom is -0.382 e. The Hall–Kier alpha value is -1.30. The molecular formula is C15H24N4OS. The van der Waals surface area contributed by atoms with Crippen molar-refractivity contribution in [3.8, 4) is 0 Å². The third kappa shape index (κ3) is 4.33. The molecule has 1 atom stereocenters. The number of nitrogens with zero attached hydrogens (tertiary/aromatic N) is 2. The van der Waals surface area contributed by atoms with Gasteiger partial charge < -0.3 is 10.6 Å². The van der Waals surface area contributed by atoms with E-state index in [9.17, 15) is 4.79 Å². The molecule has 5 nitrogen and oxygen atoms in total. The Bertz CT molecular complexity index is 487. The summed E-state index contributed by atoms with van der Waals surface area (Å²) in [6.45, 7) is 6.79. The molecule has 0 radical (unpaired) electrons. The van der Waals surface area contributed by atoms with Crippen LogP contribution in [0.5, 0.6) is 0 Å². The Morgan fingerprint density at radius 2 is 2.33 bits per heavy atom. The van der Waals surface area contributed by atoms with Crippen LogP contribution in [0.3, 0.4) is 0 Å². The molecule has 1 unspecified atom stereocenters. The summed E-state index contributed by atoms with van der Waals surface area (Å²) in [5, 5.41) is 6.28. The van der Waals surface area contributed by atoms with Crippen molar-refractivity contribution in [3.05, 3.63) is 17.7 Å². The lowest BCUT2D eigenvalue weighted by atomic mass is 10.1. The van der Waals surface area contributed by atoms with Crippen molar-refractivity contribution in [2.45, 2.75) is 45.6 Å². The van der Waals surface area contributed by atoms with Crippen LogP contribution in [0.2, 0.25) is 0 Å².